The third-order valence-corrected chi connectivity index (χ3v) is 9.96. The zero-order valence-electron chi connectivity index (χ0n) is 24.4. The van der Waals surface area contributed by atoms with E-state index in [9.17, 15) is 14.4 Å². The van der Waals surface area contributed by atoms with Crippen molar-refractivity contribution >= 4 is 25.0 Å². The fourth-order valence-corrected chi connectivity index (χ4v) is 8.31. The quantitative estimate of drug-likeness (QED) is 0.223. The summed E-state index contributed by atoms with van der Waals surface area (Å²) in [4.78, 5) is 39.2. The van der Waals surface area contributed by atoms with Gasteiger partial charge in [0.2, 0.25) is 7.28 Å². The maximum atomic E-state index is 12.8. The molecule has 1 N–H and O–H groups in total. The SMILES string of the molecule is CC(=O)Oc1ccc2c3c1O[C@H]1[C@@H](OC(C)=O)C=C[C@H]4C(C2)N(CC[B]C(=O)NC2CCCCCCCC2)CC[C@@]341. The van der Waals surface area contributed by atoms with Crippen molar-refractivity contribution < 1.29 is 28.6 Å². The van der Waals surface area contributed by atoms with E-state index in [1.165, 1.54) is 57.9 Å². The summed E-state index contributed by atoms with van der Waals surface area (Å²) in [6, 6.07) is 4.43. The molecule has 2 heterocycles. The molecule has 5 aliphatic rings. The second kappa shape index (κ2) is 11.8. The van der Waals surface area contributed by atoms with Crippen molar-refractivity contribution in [2.75, 3.05) is 13.1 Å². The molecule has 6 rings (SSSR count). The number of carbonyl (C=O) groups excluding carboxylic acids is 3. The number of rotatable bonds is 7. The van der Waals surface area contributed by atoms with Gasteiger partial charge in [0, 0.05) is 42.8 Å². The Balaban J connectivity index is 1.17. The highest BCUT2D eigenvalue weighted by molar-refractivity contribution is 6.73. The van der Waals surface area contributed by atoms with Crippen molar-refractivity contribution in [3.05, 3.63) is 35.4 Å². The number of nitrogens with one attached hydrogen (secondary N) is 1. The molecule has 1 saturated heterocycles. The van der Waals surface area contributed by atoms with Gasteiger partial charge in [-0.05, 0) is 56.5 Å². The Kier molecular flexibility index (Phi) is 8.17. The van der Waals surface area contributed by atoms with Gasteiger partial charge in [0.25, 0.3) is 0 Å². The third-order valence-electron chi connectivity index (χ3n) is 9.96. The topological polar surface area (TPSA) is 94.2 Å². The van der Waals surface area contributed by atoms with Gasteiger partial charge in [-0.25, -0.2) is 0 Å². The Morgan fingerprint density at radius 1 is 1.05 bits per heavy atom. The minimum atomic E-state index is -0.505. The number of likely N-dealkylation sites (tertiary alicyclic amines) is 1. The lowest BCUT2D eigenvalue weighted by atomic mass is 9.53. The molecular weight excluding hydrogens is 519 g/mol. The first-order chi connectivity index (χ1) is 19.9. The van der Waals surface area contributed by atoms with Crippen LogP contribution in [0.25, 0.3) is 0 Å². The molecule has 1 amide bonds. The number of nitrogens with zero attached hydrogens (tertiary/aromatic N) is 1. The number of piperidine rings is 1. The largest absolute Gasteiger partial charge is 0.481 e. The molecule has 9 heteroatoms. The Bertz CT molecular complexity index is 1210. The van der Waals surface area contributed by atoms with Crippen LogP contribution in [-0.4, -0.2) is 67.3 Å². The average molecular weight is 562 g/mol. The van der Waals surface area contributed by atoms with Gasteiger partial charge in [0.1, 0.15) is 6.10 Å². The lowest BCUT2D eigenvalue weighted by Gasteiger charge is -2.57. The fraction of sp³-hybridized carbons (Fsp3) is 0.656. The molecule has 219 valence electrons. The van der Waals surface area contributed by atoms with Crippen molar-refractivity contribution in [3.63, 3.8) is 0 Å². The van der Waals surface area contributed by atoms with Crippen molar-refractivity contribution in [3.8, 4) is 11.5 Å². The van der Waals surface area contributed by atoms with Crippen LogP contribution in [0, 0.1) is 5.92 Å². The van der Waals surface area contributed by atoms with Crippen LogP contribution in [-0.2, 0) is 26.2 Å². The zero-order valence-corrected chi connectivity index (χ0v) is 24.4. The Hall–Kier alpha value is -2.81. The van der Waals surface area contributed by atoms with E-state index in [0.717, 1.165) is 44.3 Å². The molecule has 2 bridgehead atoms. The van der Waals surface area contributed by atoms with E-state index in [-0.39, 0.29) is 35.3 Å². The van der Waals surface area contributed by atoms with Gasteiger partial charge >= 0.3 is 11.9 Å². The van der Waals surface area contributed by atoms with E-state index in [1.54, 1.807) is 0 Å². The number of hydrogen-bond acceptors (Lipinski definition) is 7. The number of esters is 2. The summed E-state index contributed by atoms with van der Waals surface area (Å²) in [6.45, 7) is 4.49. The van der Waals surface area contributed by atoms with Gasteiger partial charge in [-0.2, -0.15) is 0 Å². The van der Waals surface area contributed by atoms with E-state index < -0.39 is 12.1 Å². The van der Waals surface area contributed by atoms with Crippen LogP contribution >= 0.6 is 0 Å². The summed E-state index contributed by atoms with van der Waals surface area (Å²) >= 11 is 0. The van der Waals surface area contributed by atoms with Gasteiger partial charge in [0.15, 0.2) is 23.4 Å². The Morgan fingerprint density at radius 3 is 2.54 bits per heavy atom. The van der Waals surface area contributed by atoms with Crippen molar-refractivity contribution in [2.24, 2.45) is 5.92 Å². The molecule has 8 nitrogen and oxygen atoms in total. The van der Waals surface area contributed by atoms with Gasteiger partial charge in [-0.15, -0.1) is 0 Å². The third kappa shape index (κ3) is 5.42. The average Bonchev–Trinajstić information content (AvgIpc) is 3.33. The van der Waals surface area contributed by atoms with Gasteiger partial charge in [-0.3, -0.25) is 14.4 Å². The van der Waals surface area contributed by atoms with E-state index in [2.05, 4.69) is 22.4 Å². The van der Waals surface area contributed by atoms with Gasteiger partial charge in [0.05, 0.1) is 0 Å². The van der Waals surface area contributed by atoms with Crippen LogP contribution in [0.1, 0.15) is 82.8 Å². The highest BCUT2D eigenvalue weighted by Gasteiger charge is 2.65. The summed E-state index contributed by atoms with van der Waals surface area (Å²) in [6.07, 6.45) is 15.4. The first kappa shape index (κ1) is 28.3. The van der Waals surface area contributed by atoms with Gasteiger partial charge < -0.3 is 24.4 Å². The maximum absolute atomic E-state index is 12.8. The highest BCUT2D eigenvalue weighted by atomic mass is 16.6. The first-order valence-electron chi connectivity index (χ1n) is 15.6. The minimum absolute atomic E-state index is 0.0606. The standard InChI is InChI=1S/C32H42BN2O6/c1-20(36)39-26-13-11-22-19-25-24-12-14-27(40-21(2)37)30-32(24,28(22)29(26)41-30)15-17-35(25)18-16-33-31(38)34-23-9-7-5-3-4-6-8-10-23/h11-14,23-25,27,30H,3-10,15-19H2,1-2H3,(H,34,38)/t24-,25?,27-,30-,32-/m0/s1. The summed E-state index contributed by atoms with van der Waals surface area (Å²) in [5.41, 5.74) is 1.96. The van der Waals surface area contributed by atoms with E-state index in [4.69, 9.17) is 14.2 Å². The molecule has 5 atom stereocenters. The molecular formula is C32H42BN2O6. The predicted molar refractivity (Wildman–Crippen MR) is 156 cm³/mol. The van der Waals surface area contributed by atoms with Crippen molar-refractivity contribution in [1.82, 2.24) is 10.2 Å². The summed E-state index contributed by atoms with van der Waals surface area (Å²) in [5.74, 6) is 0.546. The minimum Gasteiger partial charge on any atom is -0.481 e. The molecule has 1 aromatic carbocycles. The van der Waals surface area contributed by atoms with Crippen LogP contribution in [0.3, 0.4) is 0 Å². The van der Waals surface area contributed by atoms with Crippen LogP contribution in [0.15, 0.2) is 24.3 Å². The van der Waals surface area contributed by atoms with Crippen LogP contribution in [0.2, 0.25) is 6.32 Å². The highest BCUT2D eigenvalue weighted by Crippen LogP contribution is 2.63. The van der Waals surface area contributed by atoms with Crippen LogP contribution in [0.5, 0.6) is 11.5 Å². The summed E-state index contributed by atoms with van der Waals surface area (Å²) < 4.78 is 17.9. The molecule has 1 saturated carbocycles. The lowest BCUT2D eigenvalue weighted by molar-refractivity contribution is -0.152. The molecule has 2 aliphatic heterocycles. The van der Waals surface area contributed by atoms with Crippen LogP contribution < -0.4 is 14.8 Å². The maximum Gasteiger partial charge on any atom is 0.308 e. The van der Waals surface area contributed by atoms with Gasteiger partial charge in [-0.1, -0.05) is 57.0 Å². The number of ether oxygens (including phenoxy) is 3. The lowest BCUT2D eigenvalue weighted by Crippen LogP contribution is -2.66. The number of hydrogen-bond donors (Lipinski definition) is 1. The molecule has 1 aromatic rings. The first-order valence-corrected chi connectivity index (χ1v) is 15.6. The number of amides is 1. The molecule has 0 aromatic heterocycles. The van der Waals surface area contributed by atoms with Crippen LogP contribution in [0.4, 0.5) is 4.79 Å². The monoisotopic (exact) mass is 561 g/mol. The smallest absolute Gasteiger partial charge is 0.308 e. The number of benzene rings is 1. The summed E-state index contributed by atoms with van der Waals surface area (Å²) in [7, 11) is 1.84. The Morgan fingerprint density at radius 2 is 1.80 bits per heavy atom. The normalized spacial score (nSPS) is 30.6. The second-order valence-electron chi connectivity index (χ2n) is 12.5. The Labute approximate surface area is 243 Å². The summed E-state index contributed by atoms with van der Waals surface area (Å²) in [5, 5.41) is 3.29. The number of carbonyl (C=O) groups is 3. The molecule has 1 unspecified atom stereocenters. The zero-order chi connectivity index (χ0) is 28.6. The van der Waals surface area contributed by atoms with Crippen molar-refractivity contribution in [2.45, 2.75) is 114 Å². The molecule has 2 fully saturated rings. The second-order valence-corrected chi connectivity index (χ2v) is 12.5. The molecule has 1 spiro atoms. The van der Waals surface area contributed by atoms with E-state index in [1.807, 2.05) is 19.4 Å². The molecule has 41 heavy (non-hydrogen) atoms. The fourth-order valence-electron chi connectivity index (χ4n) is 8.31. The van der Waals surface area contributed by atoms with Crippen molar-refractivity contribution in [1.29, 1.82) is 0 Å². The molecule has 3 aliphatic carbocycles. The predicted octanol–water partition coefficient (Wildman–Crippen LogP) is 4.69. The van der Waals surface area contributed by atoms with E-state index in [0.29, 0.717) is 23.9 Å². The molecule has 1 radical (unpaired) electrons. The van der Waals surface area contributed by atoms with E-state index >= 15 is 0 Å².